The van der Waals surface area contributed by atoms with E-state index in [0.717, 1.165) is 17.8 Å². The molecule has 0 aliphatic heterocycles. The molecule has 2 N–H and O–H groups in total. The van der Waals surface area contributed by atoms with Crippen molar-refractivity contribution >= 4 is 11.9 Å². The van der Waals surface area contributed by atoms with Gasteiger partial charge in [0.15, 0.2) is 5.69 Å². The van der Waals surface area contributed by atoms with Crippen LogP contribution in [-0.2, 0) is 13.6 Å². The molecule has 0 aromatic carbocycles. The standard InChI is InChI=1S/C14H19N5O3/c1-5-19-7-10(9(3)16-19)8(2)15-13(20)12-11(14(21)22)6-18(4)17-12/h6-8H,5H2,1-4H3,(H,15,20)(H,21,22). The van der Waals surface area contributed by atoms with Crippen LogP contribution in [0.15, 0.2) is 12.4 Å². The van der Waals surface area contributed by atoms with Gasteiger partial charge in [0.05, 0.1) is 11.7 Å². The number of carboxylic acids is 1. The van der Waals surface area contributed by atoms with Crippen molar-refractivity contribution in [2.24, 2.45) is 7.05 Å². The van der Waals surface area contributed by atoms with E-state index in [1.165, 1.54) is 10.9 Å². The van der Waals surface area contributed by atoms with Gasteiger partial charge >= 0.3 is 5.97 Å². The van der Waals surface area contributed by atoms with Crippen molar-refractivity contribution in [3.05, 3.63) is 34.9 Å². The Kier molecular flexibility index (Phi) is 4.30. The minimum Gasteiger partial charge on any atom is -0.478 e. The maximum Gasteiger partial charge on any atom is 0.339 e. The Hall–Kier alpha value is -2.64. The fourth-order valence-corrected chi connectivity index (χ4v) is 2.28. The third-order valence-electron chi connectivity index (χ3n) is 3.40. The van der Waals surface area contributed by atoms with Crippen LogP contribution in [0.1, 0.15) is 52.0 Å². The fraction of sp³-hybridized carbons (Fsp3) is 0.429. The van der Waals surface area contributed by atoms with Crippen LogP contribution in [0.5, 0.6) is 0 Å². The van der Waals surface area contributed by atoms with Gasteiger partial charge in [-0.1, -0.05) is 0 Å². The Morgan fingerprint density at radius 1 is 1.36 bits per heavy atom. The summed E-state index contributed by atoms with van der Waals surface area (Å²) in [4.78, 5) is 23.4. The molecule has 118 valence electrons. The predicted octanol–water partition coefficient (Wildman–Crippen LogP) is 1.13. The number of carbonyl (C=O) groups excluding carboxylic acids is 1. The van der Waals surface area contributed by atoms with Crippen molar-refractivity contribution in [2.75, 3.05) is 0 Å². The number of nitrogens with zero attached hydrogens (tertiary/aromatic N) is 4. The molecule has 0 saturated heterocycles. The van der Waals surface area contributed by atoms with Crippen molar-refractivity contribution in [2.45, 2.75) is 33.4 Å². The van der Waals surface area contributed by atoms with E-state index in [1.54, 1.807) is 11.7 Å². The lowest BCUT2D eigenvalue weighted by molar-refractivity contribution is 0.0690. The van der Waals surface area contributed by atoms with Gasteiger partial charge in [0.1, 0.15) is 5.56 Å². The van der Waals surface area contributed by atoms with Gasteiger partial charge in [-0.2, -0.15) is 10.2 Å². The summed E-state index contributed by atoms with van der Waals surface area (Å²) >= 11 is 0. The zero-order chi connectivity index (χ0) is 16.4. The number of hydrogen-bond donors (Lipinski definition) is 2. The highest BCUT2D eigenvalue weighted by Gasteiger charge is 2.23. The molecule has 22 heavy (non-hydrogen) atoms. The number of carbonyl (C=O) groups is 2. The lowest BCUT2D eigenvalue weighted by Gasteiger charge is -2.12. The molecular formula is C14H19N5O3. The number of rotatable bonds is 5. The van der Waals surface area contributed by atoms with Gasteiger partial charge in [-0.05, 0) is 20.8 Å². The third-order valence-corrected chi connectivity index (χ3v) is 3.40. The molecule has 0 saturated carbocycles. The number of nitrogens with one attached hydrogen (secondary N) is 1. The highest BCUT2D eigenvalue weighted by Crippen LogP contribution is 2.17. The molecule has 0 aliphatic rings. The number of amides is 1. The molecule has 2 aromatic heterocycles. The van der Waals surface area contributed by atoms with Crippen LogP contribution in [-0.4, -0.2) is 36.5 Å². The van der Waals surface area contributed by atoms with Gasteiger partial charge in [-0.15, -0.1) is 0 Å². The highest BCUT2D eigenvalue weighted by molar-refractivity contribution is 6.03. The van der Waals surface area contributed by atoms with Crippen molar-refractivity contribution in [3.8, 4) is 0 Å². The molecule has 2 aromatic rings. The van der Waals surface area contributed by atoms with Gasteiger partial charge in [-0.3, -0.25) is 14.2 Å². The second-order valence-electron chi connectivity index (χ2n) is 5.09. The van der Waals surface area contributed by atoms with Gasteiger partial charge < -0.3 is 10.4 Å². The molecule has 0 aliphatic carbocycles. The van der Waals surface area contributed by atoms with Gasteiger partial charge in [0, 0.05) is 31.5 Å². The monoisotopic (exact) mass is 305 g/mol. The van der Waals surface area contributed by atoms with Gasteiger partial charge in [0.2, 0.25) is 0 Å². The molecule has 1 amide bonds. The summed E-state index contributed by atoms with van der Waals surface area (Å²) in [5, 5.41) is 20.1. The van der Waals surface area contributed by atoms with Gasteiger partial charge in [-0.25, -0.2) is 4.79 Å². The maximum absolute atomic E-state index is 12.3. The minimum atomic E-state index is -1.18. The molecule has 8 nitrogen and oxygen atoms in total. The first-order valence-corrected chi connectivity index (χ1v) is 6.95. The molecule has 0 bridgehead atoms. The summed E-state index contributed by atoms with van der Waals surface area (Å²) in [6.07, 6.45) is 3.18. The van der Waals surface area contributed by atoms with E-state index in [0.29, 0.717) is 0 Å². The topological polar surface area (TPSA) is 102 Å². The molecule has 1 unspecified atom stereocenters. The summed E-state index contributed by atoms with van der Waals surface area (Å²) < 4.78 is 3.10. The normalized spacial score (nSPS) is 12.2. The smallest absolute Gasteiger partial charge is 0.339 e. The number of hydrogen-bond acceptors (Lipinski definition) is 4. The first-order chi connectivity index (χ1) is 10.3. The summed E-state index contributed by atoms with van der Waals surface area (Å²) in [5.41, 5.74) is 1.51. The number of carboxylic acid groups (broad SMARTS) is 1. The summed E-state index contributed by atoms with van der Waals surface area (Å²) in [7, 11) is 1.57. The van der Waals surface area contributed by atoms with E-state index in [1.807, 2.05) is 27.0 Å². The lowest BCUT2D eigenvalue weighted by atomic mass is 10.1. The van der Waals surface area contributed by atoms with Crippen LogP contribution in [0.25, 0.3) is 0 Å². The Labute approximate surface area is 127 Å². The van der Waals surface area contributed by atoms with Crippen LogP contribution in [0.4, 0.5) is 0 Å². The Morgan fingerprint density at radius 3 is 2.59 bits per heavy atom. The molecule has 1 atom stereocenters. The number of aromatic carboxylic acids is 1. The van der Waals surface area contributed by atoms with Crippen molar-refractivity contribution < 1.29 is 14.7 Å². The largest absolute Gasteiger partial charge is 0.478 e. The summed E-state index contributed by atoms with van der Waals surface area (Å²) in [5.74, 6) is -1.70. The first kappa shape index (κ1) is 15.7. The molecule has 8 heteroatoms. The van der Waals surface area contributed by atoms with Crippen LogP contribution in [0, 0.1) is 6.92 Å². The average molecular weight is 305 g/mol. The Balaban J connectivity index is 2.21. The molecule has 2 heterocycles. The van der Waals surface area contributed by atoms with Crippen molar-refractivity contribution in [1.29, 1.82) is 0 Å². The van der Waals surface area contributed by atoms with Crippen LogP contribution >= 0.6 is 0 Å². The minimum absolute atomic E-state index is 0.0950. The second kappa shape index (κ2) is 6.00. The summed E-state index contributed by atoms with van der Waals surface area (Å²) in [6, 6.07) is -0.295. The molecule has 0 spiro atoms. The molecule has 0 radical (unpaired) electrons. The van der Waals surface area contributed by atoms with E-state index in [2.05, 4.69) is 15.5 Å². The number of aromatic nitrogens is 4. The highest BCUT2D eigenvalue weighted by atomic mass is 16.4. The zero-order valence-corrected chi connectivity index (χ0v) is 13.0. The van der Waals surface area contributed by atoms with Gasteiger partial charge in [0.25, 0.3) is 5.91 Å². The van der Waals surface area contributed by atoms with Crippen LogP contribution < -0.4 is 5.32 Å². The zero-order valence-electron chi connectivity index (χ0n) is 13.0. The molecule has 2 rings (SSSR count). The molecular weight excluding hydrogens is 286 g/mol. The summed E-state index contributed by atoms with van der Waals surface area (Å²) in [6.45, 7) is 6.41. The van der Waals surface area contributed by atoms with Crippen LogP contribution in [0.2, 0.25) is 0 Å². The van der Waals surface area contributed by atoms with E-state index in [4.69, 9.17) is 5.11 Å². The van der Waals surface area contributed by atoms with E-state index >= 15 is 0 Å². The lowest BCUT2D eigenvalue weighted by Crippen LogP contribution is -2.28. The maximum atomic E-state index is 12.3. The van der Waals surface area contributed by atoms with E-state index in [-0.39, 0.29) is 17.3 Å². The number of aryl methyl sites for hydroxylation is 3. The fourth-order valence-electron chi connectivity index (χ4n) is 2.28. The molecule has 0 fully saturated rings. The van der Waals surface area contributed by atoms with Crippen LogP contribution in [0.3, 0.4) is 0 Å². The third kappa shape index (κ3) is 3.00. The van der Waals surface area contributed by atoms with Crippen molar-refractivity contribution in [3.63, 3.8) is 0 Å². The Morgan fingerprint density at radius 2 is 2.05 bits per heavy atom. The van der Waals surface area contributed by atoms with E-state index in [9.17, 15) is 9.59 Å². The van der Waals surface area contributed by atoms with Crippen molar-refractivity contribution in [1.82, 2.24) is 24.9 Å². The first-order valence-electron chi connectivity index (χ1n) is 6.95. The van der Waals surface area contributed by atoms with E-state index < -0.39 is 11.9 Å². The average Bonchev–Trinajstić information content (AvgIpc) is 3.01. The predicted molar refractivity (Wildman–Crippen MR) is 78.7 cm³/mol. The SMILES string of the molecule is CCn1cc(C(C)NC(=O)c2nn(C)cc2C(=O)O)c(C)n1. The quantitative estimate of drug-likeness (QED) is 0.862. The Bertz CT molecular complexity index is 716. The second-order valence-corrected chi connectivity index (χ2v) is 5.09.